The van der Waals surface area contributed by atoms with Gasteiger partial charge in [0.25, 0.3) is 0 Å². The van der Waals surface area contributed by atoms with Crippen molar-refractivity contribution < 1.29 is 4.74 Å². The Morgan fingerprint density at radius 1 is 1.05 bits per heavy atom. The molecule has 3 heteroatoms. The second-order valence-electron chi connectivity index (χ2n) is 4.80. The van der Waals surface area contributed by atoms with E-state index in [9.17, 15) is 0 Å². The molecule has 0 saturated carbocycles. The molecule has 0 aliphatic rings. The van der Waals surface area contributed by atoms with Crippen LogP contribution in [0.2, 0.25) is 0 Å². The molecule has 0 bridgehead atoms. The first-order valence-electron chi connectivity index (χ1n) is 7.45. The maximum Gasteiger partial charge on any atom is 0.119 e. The minimum Gasteiger partial charge on any atom is -0.494 e. The summed E-state index contributed by atoms with van der Waals surface area (Å²) in [4.78, 5) is 1.30. The minimum absolute atomic E-state index is 0.263. The number of rotatable bonds is 7. The summed E-state index contributed by atoms with van der Waals surface area (Å²) in [5.41, 5.74) is 2.46. The van der Waals surface area contributed by atoms with Gasteiger partial charge in [0.1, 0.15) is 5.75 Å². The van der Waals surface area contributed by atoms with Crippen molar-refractivity contribution in [3.63, 3.8) is 0 Å². The Morgan fingerprint density at radius 2 is 1.76 bits per heavy atom. The van der Waals surface area contributed by atoms with Crippen LogP contribution in [-0.4, -0.2) is 12.4 Å². The van der Waals surface area contributed by atoms with Crippen LogP contribution in [0.4, 0.5) is 5.69 Å². The van der Waals surface area contributed by atoms with Crippen LogP contribution in [0.15, 0.2) is 53.4 Å². The molecule has 112 valence electrons. The molecule has 0 saturated heterocycles. The Kier molecular flexibility index (Phi) is 6.00. The van der Waals surface area contributed by atoms with Gasteiger partial charge in [0, 0.05) is 16.6 Å². The number of para-hydroxylation sites is 1. The third-order valence-corrected chi connectivity index (χ3v) is 4.21. The van der Waals surface area contributed by atoms with Gasteiger partial charge in [-0.3, -0.25) is 0 Å². The summed E-state index contributed by atoms with van der Waals surface area (Å²) in [5, 5.41) is 3.60. The zero-order valence-corrected chi connectivity index (χ0v) is 13.7. The van der Waals surface area contributed by atoms with Gasteiger partial charge in [-0.15, -0.1) is 11.8 Å². The van der Waals surface area contributed by atoms with Crippen LogP contribution >= 0.6 is 11.8 Å². The number of benzene rings is 2. The van der Waals surface area contributed by atoms with Crippen molar-refractivity contribution in [2.45, 2.75) is 31.7 Å². The number of anilines is 1. The van der Waals surface area contributed by atoms with Crippen LogP contribution in [0.1, 0.15) is 32.4 Å². The van der Waals surface area contributed by atoms with Gasteiger partial charge in [0.15, 0.2) is 0 Å². The number of hydrogen-bond acceptors (Lipinski definition) is 3. The highest BCUT2D eigenvalue weighted by Crippen LogP contribution is 2.30. The highest BCUT2D eigenvalue weighted by Gasteiger charge is 2.08. The number of nitrogens with one attached hydrogen (secondary N) is 1. The molecule has 2 nitrogen and oxygen atoms in total. The molecule has 0 amide bonds. The van der Waals surface area contributed by atoms with E-state index < -0.39 is 0 Å². The van der Waals surface area contributed by atoms with Crippen LogP contribution in [0.5, 0.6) is 5.75 Å². The smallest absolute Gasteiger partial charge is 0.119 e. The molecule has 1 atom stereocenters. The average molecular weight is 301 g/mol. The molecule has 0 aliphatic carbocycles. The zero-order valence-electron chi connectivity index (χ0n) is 12.9. The molecule has 2 rings (SSSR count). The molecule has 21 heavy (non-hydrogen) atoms. The number of thioether (sulfide) groups is 1. The molecule has 2 aromatic rings. The van der Waals surface area contributed by atoms with E-state index in [4.69, 9.17) is 4.74 Å². The van der Waals surface area contributed by atoms with E-state index in [0.29, 0.717) is 6.61 Å². The molecular formula is C18H23NOS. The summed E-state index contributed by atoms with van der Waals surface area (Å²) in [6, 6.07) is 17.0. The summed E-state index contributed by atoms with van der Waals surface area (Å²) in [6.07, 6.45) is 0. The standard InChI is InChI=1S/C18H23NOS/c1-4-20-16-12-10-15(11-13-16)14(3)19-17-8-6-7-9-18(17)21-5-2/h6-14,19H,4-5H2,1-3H3. The first-order valence-corrected chi connectivity index (χ1v) is 8.44. The number of ether oxygens (including phenoxy) is 1. The van der Waals surface area contributed by atoms with Gasteiger partial charge < -0.3 is 10.1 Å². The minimum atomic E-state index is 0.263. The van der Waals surface area contributed by atoms with Crippen LogP contribution in [0, 0.1) is 0 Å². The maximum atomic E-state index is 5.49. The van der Waals surface area contributed by atoms with Crippen molar-refractivity contribution in [2.24, 2.45) is 0 Å². The highest BCUT2D eigenvalue weighted by atomic mass is 32.2. The van der Waals surface area contributed by atoms with Gasteiger partial charge in [-0.1, -0.05) is 31.2 Å². The van der Waals surface area contributed by atoms with Gasteiger partial charge in [-0.2, -0.15) is 0 Å². The fourth-order valence-electron chi connectivity index (χ4n) is 2.20. The summed E-state index contributed by atoms with van der Waals surface area (Å²) < 4.78 is 5.49. The van der Waals surface area contributed by atoms with Crippen molar-refractivity contribution in [1.29, 1.82) is 0 Å². The fourth-order valence-corrected chi connectivity index (χ4v) is 2.97. The summed E-state index contributed by atoms with van der Waals surface area (Å²) in [5.74, 6) is 2.01. The second-order valence-corrected chi connectivity index (χ2v) is 6.10. The molecule has 2 aromatic carbocycles. The third-order valence-electron chi connectivity index (χ3n) is 3.25. The predicted octanol–water partition coefficient (Wildman–Crippen LogP) is 5.37. The molecule has 0 heterocycles. The third kappa shape index (κ3) is 4.43. The van der Waals surface area contributed by atoms with Gasteiger partial charge in [0.2, 0.25) is 0 Å². The molecule has 1 unspecified atom stereocenters. The lowest BCUT2D eigenvalue weighted by Crippen LogP contribution is -2.07. The molecule has 0 aromatic heterocycles. The van der Waals surface area contributed by atoms with Crippen molar-refractivity contribution in [3.05, 3.63) is 54.1 Å². The molecular weight excluding hydrogens is 278 g/mol. The van der Waals surface area contributed by atoms with Crippen molar-refractivity contribution in [1.82, 2.24) is 0 Å². The van der Waals surface area contributed by atoms with Crippen LogP contribution in [0.25, 0.3) is 0 Å². The highest BCUT2D eigenvalue weighted by molar-refractivity contribution is 7.99. The Morgan fingerprint density at radius 3 is 2.43 bits per heavy atom. The van der Waals surface area contributed by atoms with Crippen molar-refractivity contribution in [2.75, 3.05) is 17.7 Å². The van der Waals surface area contributed by atoms with Crippen LogP contribution in [-0.2, 0) is 0 Å². The van der Waals surface area contributed by atoms with Gasteiger partial charge >= 0.3 is 0 Å². The molecule has 0 spiro atoms. The van der Waals surface area contributed by atoms with E-state index in [1.165, 1.54) is 16.1 Å². The SMILES string of the molecule is CCOc1ccc(C(C)Nc2ccccc2SCC)cc1. The summed E-state index contributed by atoms with van der Waals surface area (Å²) in [7, 11) is 0. The van der Waals surface area contributed by atoms with Gasteiger partial charge in [-0.25, -0.2) is 0 Å². The summed E-state index contributed by atoms with van der Waals surface area (Å²) >= 11 is 1.87. The van der Waals surface area contributed by atoms with E-state index in [2.05, 4.69) is 55.6 Å². The Balaban J connectivity index is 2.08. The van der Waals surface area contributed by atoms with E-state index in [-0.39, 0.29) is 6.04 Å². The molecule has 1 N–H and O–H groups in total. The lowest BCUT2D eigenvalue weighted by Gasteiger charge is -2.18. The second kappa shape index (κ2) is 7.99. The fraction of sp³-hybridized carbons (Fsp3) is 0.333. The van der Waals surface area contributed by atoms with E-state index in [0.717, 1.165) is 11.5 Å². The molecule has 0 fully saturated rings. The van der Waals surface area contributed by atoms with E-state index in [1.807, 2.05) is 30.8 Å². The zero-order chi connectivity index (χ0) is 15.1. The van der Waals surface area contributed by atoms with Gasteiger partial charge in [0.05, 0.1) is 6.61 Å². The quantitative estimate of drug-likeness (QED) is 0.695. The molecule has 0 radical (unpaired) electrons. The topological polar surface area (TPSA) is 21.3 Å². The predicted molar refractivity (Wildman–Crippen MR) is 92.5 cm³/mol. The van der Waals surface area contributed by atoms with Crippen molar-refractivity contribution >= 4 is 17.4 Å². The van der Waals surface area contributed by atoms with E-state index >= 15 is 0 Å². The monoisotopic (exact) mass is 301 g/mol. The largest absolute Gasteiger partial charge is 0.494 e. The van der Waals surface area contributed by atoms with Gasteiger partial charge in [-0.05, 0) is 49.4 Å². The Labute approximate surface area is 131 Å². The Hall–Kier alpha value is -1.61. The van der Waals surface area contributed by atoms with Crippen LogP contribution in [0.3, 0.4) is 0 Å². The van der Waals surface area contributed by atoms with Crippen LogP contribution < -0.4 is 10.1 Å². The summed E-state index contributed by atoms with van der Waals surface area (Å²) in [6.45, 7) is 7.07. The van der Waals surface area contributed by atoms with Crippen molar-refractivity contribution in [3.8, 4) is 5.75 Å². The first-order chi connectivity index (χ1) is 10.2. The number of hydrogen-bond donors (Lipinski definition) is 1. The normalized spacial score (nSPS) is 12.0. The average Bonchev–Trinajstić information content (AvgIpc) is 2.50. The van der Waals surface area contributed by atoms with E-state index in [1.54, 1.807) is 0 Å². The Bertz CT molecular complexity index is 553. The first kappa shape index (κ1) is 15.8. The lowest BCUT2D eigenvalue weighted by molar-refractivity contribution is 0.340. The molecule has 0 aliphatic heterocycles. The lowest BCUT2D eigenvalue weighted by atomic mass is 10.1. The maximum absolute atomic E-state index is 5.49.